The minimum Gasteiger partial charge on any atom is -0.391 e. The Labute approximate surface area is 163 Å². The molecule has 146 valence electrons. The summed E-state index contributed by atoms with van der Waals surface area (Å²) in [5.41, 5.74) is 4.79. The first-order valence-corrected chi connectivity index (χ1v) is 9.61. The predicted octanol–water partition coefficient (Wildman–Crippen LogP) is 2.73. The zero-order valence-electron chi connectivity index (χ0n) is 16.4. The van der Waals surface area contributed by atoms with Crippen molar-refractivity contribution in [1.82, 2.24) is 25.1 Å². The van der Waals surface area contributed by atoms with E-state index in [1.54, 1.807) is 18.6 Å². The van der Waals surface area contributed by atoms with Gasteiger partial charge in [-0.1, -0.05) is 12.1 Å². The summed E-state index contributed by atoms with van der Waals surface area (Å²) in [5.74, 6) is 1.25. The smallest absolute Gasteiger partial charge is 0.226 e. The number of anilines is 1. The number of rotatable bonds is 4. The Hall–Kier alpha value is -2.87. The largest absolute Gasteiger partial charge is 0.391 e. The molecule has 1 unspecified atom stereocenters. The molecule has 0 spiro atoms. The zero-order chi connectivity index (χ0) is 19.7. The number of piperidine rings is 1. The van der Waals surface area contributed by atoms with Crippen LogP contribution < -0.4 is 4.90 Å². The molecular weight excluding hydrogens is 356 g/mol. The quantitative estimate of drug-likeness (QED) is 0.737. The molecule has 1 N–H and O–H groups in total. The molecule has 28 heavy (non-hydrogen) atoms. The van der Waals surface area contributed by atoms with E-state index in [-0.39, 0.29) is 6.10 Å². The van der Waals surface area contributed by atoms with Gasteiger partial charge < -0.3 is 14.5 Å². The lowest BCUT2D eigenvalue weighted by Gasteiger charge is -2.30. The van der Waals surface area contributed by atoms with Gasteiger partial charge in [-0.15, -0.1) is 0 Å². The Morgan fingerprint density at radius 1 is 1.18 bits per heavy atom. The van der Waals surface area contributed by atoms with Crippen molar-refractivity contribution in [2.45, 2.75) is 46.1 Å². The van der Waals surface area contributed by atoms with E-state index in [0.717, 1.165) is 48.3 Å². The van der Waals surface area contributed by atoms with Crippen molar-refractivity contribution in [2.75, 3.05) is 18.0 Å². The molecule has 0 aromatic carbocycles. The van der Waals surface area contributed by atoms with E-state index in [9.17, 15) is 5.11 Å². The molecule has 0 amide bonds. The molecule has 8 nitrogen and oxygen atoms in total. The monoisotopic (exact) mass is 380 g/mol. The van der Waals surface area contributed by atoms with Crippen LogP contribution in [0.15, 0.2) is 23.1 Å². The van der Waals surface area contributed by atoms with E-state index < -0.39 is 0 Å². The van der Waals surface area contributed by atoms with E-state index in [4.69, 9.17) is 9.51 Å². The summed E-state index contributed by atoms with van der Waals surface area (Å²) in [7, 11) is 0. The number of aliphatic hydroxyl groups is 1. The summed E-state index contributed by atoms with van der Waals surface area (Å²) >= 11 is 0. The van der Waals surface area contributed by atoms with Gasteiger partial charge in [0.25, 0.3) is 0 Å². The molecule has 1 atom stereocenters. The maximum absolute atomic E-state index is 10.0. The lowest BCUT2D eigenvalue weighted by atomic mass is 10.0. The zero-order valence-corrected chi connectivity index (χ0v) is 16.4. The molecule has 0 radical (unpaired) electrons. The highest BCUT2D eigenvalue weighted by Gasteiger charge is 2.24. The average Bonchev–Trinajstić information content (AvgIpc) is 3.08. The maximum atomic E-state index is 10.0. The van der Waals surface area contributed by atoms with Crippen LogP contribution in [0.5, 0.6) is 0 Å². The fourth-order valence-corrected chi connectivity index (χ4v) is 3.55. The summed E-state index contributed by atoms with van der Waals surface area (Å²) in [6, 6.07) is 0. The van der Waals surface area contributed by atoms with E-state index >= 15 is 0 Å². The van der Waals surface area contributed by atoms with Crippen LogP contribution in [0, 0.1) is 13.8 Å². The number of aryl methyl sites for hydroxylation is 2. The van der Waals surface area contributed by atoms with Gasteiger partial charge in [0.05, 0.1) is 29.3 Å². The minimum atomic E-state index is -0.358. The number of aromatic nitrogens is 5. The molecule has 4 rings (SSSR count). The fourth-order valence-electron chi connectivity index (χ4n) is 3.55. The lowest BCUT2D eigenvalue weighted by molar-refractivity contribution is 0.153. The molecule has 3 aromatic rings. The van der Waals surface area contributed by atoms with Crippen molar-refractivity contribution in [3.63, 3.8) is 0 Å². The first kappa shape index (κ1) is 18.5. The van der Waals surface area contributed by atoms with Gasteiger partial charge in [0, 0.05) is 31.0 Å². The summed E-state index contributed by atoms with van der Waals surface area (Å²) in [5, 5.41) is 14.1. The fraction of sp³-hybridized carbons (Fsp3) is 0.450. The number of β-amino-alcohol motifs (C(OH)–C–C–N with tert-alkyl or cyclic N) is 1. The number of aliphatic hydroxyl groups excluding tert-OH is 1. The Balaban J connectivity index is 1.84. The number of hydrogen-bond donors (Lipinski definition) is 1. The van der Waals surface area contributed by atoms with Crippen LogP contribution in [0.3, 0.4) is 0 Å². The molecule has 1 fully saturated rings. The van der Waals surface area contributed by atoms with Gasteiger partial charge in [-0.2, -0.15) is 0 Å². The van der Waals surface area contributed by atoms with Crippen LogP contribution >= 0.6 is 0 Å². The lowest BCUT2D eigenvalue weighted by Crippen LogP contribution is -2.39. The molecule has 1 saturated heterocycles. The highest BCUT2D eigenvalue weighted by Crippen LogP contribution is 2.34. The van der Waals surface area contributed by atoms with E-state index in [2.05, 4.69) is 27.0 Å². The number of nitrogens with zero attached hydrogens (tertiary/aromatic N) is 6. The van der Waals surface area contributed by atoms with Crippen LogP contribution in [0.4, 0.5) is 5.95 Å². The van der Waals surface area contributed by atoms with Crippen LogP contribution in [0.1, 0.15) is 36.7 Å². The molecule has 4 heterocycles. The summed E-state index contributed by atoms with van der Waals surface area (Å²) in [4.78, 5) is 20.3. The highest BCUT2D eigenvalue weighted by atomic mass is 16.5. The van der Waals surface area contributed by atoms with Crippen LogP contribution in [0.2, 0.25) is 0 Å². The van der Waals surface area contributed by atoms with Gasteiger partial charge in [0.1, 0.15) is 11.4 Å². The van der Waals surface area contributed by atoms with Crippen LogP contribution in [0.25, 0.3) is 22.7 Å². The van der Waals surface area contributed by atoms with Crippen LogP contribution in [-0.2, 0) is 6.42 Å². The van der Waals surface area contributed by atoms with Gasteiger partial charge in [0.2, 0.25) is 5.95 Å². The van der Waals surface area contributed by atoms with Gasteiger partial charge in [0.15, 0.2) is 5.76 Å². The second kappa shape index (κ2) is 7.63. The Morgan fingerprint density at radius 3 is 2.75 bits per heavy atom. The molecule has 1 aliphatic heterocycles. The second-order valence-electron chi connectivity index (χ2n) is 7.15. The summed E-state index contributed by atoms with van der Waals surface area (Å²) in [6.07, 6.45) is 7.35. The van der Waals surface area contributed by atoms with Crippen molar-refractivity contribution in [1.29, 1.82) is 0 Å². The highest BCUT2D eigenvalue weighted by molar-refractivity contribution is 5.78. The van der Waals surface area contributed by atoms with Gasteiger partial charge >= 0.3 is 0 Å². The van der Waals surface area contributed by atoms with E-state index in [1.165, 1.54) is 0 Å². The van der Waals surface area contributed by atoms with Crippen molar-refractivity contribution >= 4 is 5.95 Å². The SMILES string of the molecule is CCc1c(C)noc1-c1cnc(N2CCCC(O)C2)nc1-c1cnc(C)cn1. The predicted molar refractivity (Wildman–Crippen MR) is 105 cm³/mol. The average molecular weight is 380 g/mol. The van der Waals surface area contributed by atoms with Gasteiger partial charge in [-0.05, 0) is 33.1 Å². The standard InChI is InChI=1S/C20H24N6O2/c1-4-15-13(3)25-28-19(15)16-9-23-20(26-7-5-6-14(27)11-26)24-18(16)17-10-21-12(2)8-22-17/h8-10,14,27H,4-7,11H2,1-3H3. The van der Waals surface area contributed by atoms with Crippen molar-refractivity contribution < 1.29 is 9.63 Å². The minimum absolute atomic E-state index is 0.358. The third-order valence-electron chi connectivity index (χ3n) is 5.06. The molecule has 0 saturated carbocycles. The van der Waals surface area contributed by atoms with Crippen molar-refractivity contribution in [3.05, 3.63) is 35.5 Å². The molecule has 8 heteroatoms. The summed E-state index contributed by atoms with van der Waals surface area (Å²) in [6.45, 7) is 7.24. The van der Waals surface area contributed by atoms with Crippen molar-refractivity contribution in [2.24, 2.45) is 0 Å². The normalized spacial score (nSPS) is 17.1. The van der Waals surface area contributed by atoms with Gasteiger partial charge in [-0.25, -0.2) is 9.97 Å². The maximum Gasteiger partial charge on any atom is 0.226 e. The summed E-state index contributed by atoms with van der Waals surface area (Å²) < 4.78 is 5.63. The second-order valence-corrected chi connectivity index (χ2v) is 7.15. The Bertz CT molecular complexity index is 969. The molecule has 3 aromatic heterocycles. The Kier molecular flexibility index (Phi) is 5.04. The van der Waals surface area contributed by atoms with Gasteiger partial charge in [-0.3, -0.25) is 9.97 Å². The third-order valence-corrected chi connectivity index (χ3v) is 5.06. The third kappa shape index (κ3) is 3.47. The van der Waals surface area contributed by atoms with E-state index in [1.807, 2.05) is 18.7 Å². The molecular formula is C20H24N6O2. The topological polar surface area (TPSA) is 101 Å². The first-order valence-electron chi connectivity index (χ1n) is 9.61. The van der Waals surface area contributed by atoms with E-state index in [0.29, 0.717) is 29.6 Å². The number of hydrogen-bond acceptors (Lipinski definition) is 8. The molecule has 1 aliphatic rings. The molecule has 0 aliphatic carbocycles. The van der Waals surface area contributed by atoms with Crippen molar-refractivity contribution in [3.8, 4) is 22.7 Å². The van der Waals surface area contributed by atoms with Crippen LogP contribution in [-0.4, -0.2) is 49.4 Å². The Morgan fingerprint density at radius 2 is 2.04 bits per heavy atom. The molecule has 0 bridgehead atoms. The first-order chi connectivity index (χ1) is 13.6.